The molecule has 7 nitrogen and oxygen atoms in total. The number of carbonyl (C=O) groups excluding carboxylic acids is 2. The lowest BCUT2D eigenvalue weighted by Crippen LogP contribution is -2.47. The Labute approximate surface area is 156 Å². The van der Waals surface area contributed by atoms with Gasteiger partial charge in [0.05, 0.1) is 23.0 Å². The lowest BCUT2D eigenvalue weighted by atomic mass is 10.0. The van der Waals surface area contributed by atoms with Crippen molar-refractivity contribution in [3.8, 4) is 11.8 Å². The Balaban J connectivity index is 1.54. The van der Waals surface area contributed by atoms with Crippen LogP contribution in [0.2, 0.25) is 0 Å². The van der Waals surface area contributed by atoms with Crippen LogP contribution in [0, 0.1) is 11.3 Å². The summed E-state index contributed by atoms with van der Waals surface area (Å²) >= 11 is 0. The van der Waals surface area contributed by atoms with Crippen molar-refractivity contribution in [1.82, 2.24) is 0 Å². The minimum Gasteiger partial charge on any atom is -0.479 e. The summed E-state index contributed by atoms with van der Waals surface area (Å²) in [5.41, 5.74) is 2.63. The summed E-state index contributed by atoms with van der Waals surface area (Å²) in [5.74, 6) is 0.337. The van der Waals surface area contributed by atoms with E-state index in [2.05, 4.69) is 16.7 Å². The number of amides is 2. The first kappa shape index (κ1) is 16.9. The molecular weight excluding hydrogens is 344 g/mol. The monoisotopic (exact) mass is 362 g/mol. The number of nitriles is 1. The fourth-order valence-corrected chi connectivity index (χ4v) is 3.40. The standard InChI is InChI=1S/C20H18N4O3/c21-11-13-6-8-14(9-7-13)24-10-2-5-17(20(24)26)22-15-3-1-4-16-19(15)27-12-18(25)23-16/h1,3-4,6-9,17,22H,2,5,10,12H2,(H,23,25). The van der Waals surface area contributed by atoms with Crippen molar-refractivity contribution in [3.63, 3.8) is 0 Å². The number of nitrogens with zero attached hydrogens (tertiary/aromatic N) is 2. The predicted octanol–water partition coefficient (Wildman–Crippen LogP) is 2.50. The Morgan fingerprint density at radius 1 is 1.19 bits per heavy atom. The highest BCUT2D eigenvalue weighted by atomic mass is 16.5. The summed E-state index contributed by atoms with van der Waals surface area (Å²) in [6, 6.07) is 14.1. The highest BCUT2D eigenvalue weighted by Gasteiger charge is 2.31. The number of para-hydroxylation sites is 1. The molecule has 1 unspecified atom stereocenters. The fraction of sp³-hybridized carbons (Fsp3) is 0.250. The maximum atomic E-state index is 13.0. The predicted molar refractivity (Wildman–Crippen MR) is 101 cm³/mol. The minimum atomic E-state index is -0.387. The van der Waals surface area contributed by atoms with Crippen LogP contribution in [0.25, 0.3) is 0 Å². The van der Waals surface area contributed by atoms with Crippen LogP contribution in [-0.4, -0.2) is 31.0 Å². The molecule has 136 valence electrons. The van der Waals surface area contributed by atoms with E-state index in [1.165, 1.54) is 0 Å². The van der Waals surface area contributed by atoms with Crippen molar-refractivity contribution in [1.29, 1.82) is 5.26 Å². The van der Waals surface area contributed by atoms with Gasteiger partial charge in [0.2, 0.25) is 5.91 Å². The first-order chi connectivity index (χ1) is 13.2. The van der Waals surface area contributed by atoms with Crippen LogP contribution in [0.1, 0.15) is 18.4 Å². The molecule has 0 aromatic heterocycles. The molecule has 2 amide bonds. The van der Waals surface area contributed by atoms with Crippen molar-refractivity contribution >= 4 is 28.9 Å². The maximum Gasteiger partial charge on any atom is 0.262 e. The minimum absolute atomic E-state index is 0.0246. The van der Waals surface area contributed by atoms with Gasteiger partial charge in [0, 0.05) is 12.2 Å². The van der Waals surface area contributed by atoms with Gasteiger partial charge in [-0.2, -0.15) is 5.26 Å². The fourth-order valence-electron chi connectivity index (χ4n) is 3.40. The average molecular weight is 362 g/mol. The van der Waals surface area contributed by atoms with E-state index in [9.17, 15) is 9.59 Å². The lowest BCUT2D eigenvalue weighted by molar-refractivity contribution is -0.120. The normalized spacial score (nSPS) is 18.8. The largest absolute Gasteiger partial charge is 0.479 e. The van der Waals surface area contributed by atoms with E-state index in [0.717, 1.165) is 12.1 Å². The molecule has 27 heavy (non-hydrogen) atoms. The molecule has 2 N–H and O–H groups in total. The highest BCUT2D eigenvalue weighted by Crippen LogP contribution is 2.36. The summed E-state index contributed by atoms with van der Waals surface area (Å²) in [6.45, 7) is 0.601. The number of anilines is 3. The summed E-state index contributed by atoms with van der Waals surface area (Å²) in [4.78, 5) is 26.2. The molecule has 1 fully saturated rings. The zero-order chi connectivity index (χ0) is 18.8. The molecule has 2 heterocycles. The van der Waals surface area contributed by atoms with E-state index in [4.69, 9.17) is 10.00 Å². The topological polar surface area (TPSA) is 94.5 Å². The van der Waals surface area contributed by atoms with E-state index in [1.807, 2.05) is 12.1 Å². The van der Waals surface area contributed by atoms with Gasteiger partial charge in [-0.3, -0.25) is 9.59 Å². The molecule has 1 atom stereocenters. The van der Waals surface area contributed by atoms with E-state index in [-0.39, 0.29) is 24.5 Å². The van der Waals surface area contributed by atoms with E-state index in [1.54, 1.807) is 35.2 Å². The van der Waals surface area contributed by atoms with Crippen LogP contribution < -0.4 is 20.3 Å². The molecule has 1 saturated heterocycles. The van der Waals surface area contributed by atoms with Crippen molar-refractivity contribution in [2.24, 2.45) is 0 Å². The van der Waals surface area contributed by atoms with Gasteiger partial charge < -0.3 is 20.3 Å². The second kappa shape index (κ2) is 7.00. The van der Waals surface area contributed by atoms with E-state index >= 15 is 0 Å². The van der Waals surface area contributed by atoms with Gasteiger partial charge in [0.1, 0.15) is 6.04 Å². The number of piperidine rings is 1. The molecule has 0 radical (unpaired) electrons. The lowest BCUT2D eigenvalue weighted by Gasteiger charge is -2.34. The van der Waals surface area contributed by atoms with Crippen LogP contribution in [0.4, 0.5) is 17.1 Å². The maximum absolute atomic E-state index is 13.0. The Hall–Kier alpha value is -3.53. The Morgan fingerprint density at radius 3 is 2.78 bits per heavy atom. The van der Waals surface area contributed by atoms with Gasteiger partial charge in [-0.05, 0) is 49.2 Å². The third kappa shape index (κ3) is 3.29. The van der Waals surface area contributed by atoms with Gasteiger partial charge in [-0.15, -0.1) is 0 Å². The van der Waals surface area contributed by atoms with Crippen LogP contribution in [-0.2, 0) is 9.59 Å². The molecule has 0 bridgehead atoms. The highest BCUT2D eigenvalue weighted by molar-refractivity contribution is 6.01. The quantitative estimate of drug-likeness (QED) is 0.875. The van der Waals surface area contributed by atoms with Crippen molar-refractivity contribution in [3.05, 3.63) is 48.0 Å². The number of hydrogen-bond donors (Lipinski definition) is 2. The molecule has 0 aliphatic carbocycles. The van der Waals surface area contributed by atoms with E-state index < -0.39 is 0 Å². The molecule has 2 aliphatic rings. The van der Waals surface area contributed by atoms with Crippen molar-refractivity contribution < 1.29 is 14.3 Å². The summed E-state index contributed by atoms with van der Waals surface area (Å²) in [6.07, 6.45) is 1.57. The molecule has 2 aromatic carbocycles. The van der Waals surface area contributed by atoms with Crippen LogP contribution >= 0.6 is 0 Å². The second-order valence-electron chi connectivity index (χ2n) is 6.51. The van der Waals surface area contributed by atoms with Crippen LogP contribution in [0.5, 0.6) is 5.75 Å². The number of rotatable bonds is 3. The molecule has 7 heteroatoms. The Kier molecular flexibility index (Phi) is 4.38. The second-order valence-corrected chi connectivity index (χ2v) is 6.51. The molecule has 4 rings (SSSR count). The first-order valence-corrected chi connectivity index (χ1v) is 8.79. The third-order valence-electron chi connectivity index (χ3n) is 4.71. The molecular formula is C20H18N4O3. The smallest absolute Gasteiger partial charge is 0.262 e. The Morgan fingerprint density at radius 2 is 2.00 bits per heavy atom. The number of fused-ring (bicyclic) bond motifs is 1. The van der Waals surface area contributed by atoms with Gasteiger partial charge >= 0.3 is 0 Å². The van der Waals surface area contributed by atoms with Crippen molar-refractivity contribution in [2.75, 3.05) is 28.7 Å². The van der Waals surface area contributed by atoms with E-state index in [0.29, 0.717) is 35.7 Å². The van der Waals surface area contributed by atoms with Crippen molar-refractivity contribution in [2.45, 2.75) is 18.9 Å². The van der Waals surface area contributed by atoms with Gasteiger partial charge in [-0.25, -0.2) is 0 Å². The summed E-state index contributed by atoms with van der Waals surface area (Å²) in [7, 11) is 0. The number of carbonyl (C=O) groups is 2. The van der Waals surface area contributed by atoms with Gasteiger partial charge in [-0.1, -0.05) is 6.07 Å². The molecule has 2 aromatic rings. The first-order valence-electron chi connectivity index (χ1n) is 8.79. The van der Waals surface area contributed by atoms with Gasteiger partial charge in [0.15, 0.2) is 12.4 Å². The van der Waals surface area contributed by atoms with Crippen LogP contribution in [0.15, 0.2) is 42.5 Å². The Bertz CT molecular complexity index is 933. The SMILES string of the molecule is N#Cc1ccc(N2CCCC(Nc3cccc4c3OCC(=O)N4)C2=O)cc1. The average Bonchev–Trinajstić information content (AvgIpc) is 2.69. The molecule has 2 aliphatic heterocycles. The number of ether oxygens (including phenoxy) is 1. The zero-order valence-electron chi connectivity index (χ0n) is 14.6. The summed E-state index contributed by atoms with van der Waals surface area (Å²) in [5, 5.41) is 15.0. The van der Waals surface area contributed by atoms with Crippen LogP contribution in [0.3, 0.4) is 0 Å². The third-order valence-corrected chi connectivity index (χ3v) is 4.71. The van der Waals surface area contributed by atoms with Gasteiger partial charge in [0.25, 0.3) is 5.91 Å². The number of hydrogen-bond acceptors (Lipinski definition) is 5. The number of nitrogens with one attached hydrogen (secondary N) is 2. The summed E-state index contributed by atoms with van der Waals surface area (Å²) < 4.78 is 5.55. The molecule has 0 saturated carbocycles. The zero-order valence-corrected chi connectivity index (χ0v) is 14.6. The number of benzene rings is 2. The molecule has 0 spiro atoms.